The van der Waals surface area contributed by atoms with E-state index in [2.05, 4.69) is 6.58 Å². The van der Waals surface area contributed by atoms with Crippen LogP contribution in [0.4, 0.5) is 13.2 Å². The topological polar surface area (TPSA) is 18.5 Å². The molecule has 0 saturated carbocycles. The van der Waals surface area contributed by atoms with Crippen LogP contribution >= 0.6 is 11.8 Å². The molecular formula is C15H21F3O2S. The maximum atomic E-state index is 12.2. The third kappa shape index (κ3) is 6.98. The van der Waals surface area contributed by atoms with Crippen molar-refractivity contribution in [2.45, 2.75) is 44.5 Å². The van der Waals surface area contributed by atoms with Crippen molar-refractivity contribution in [2.24, 2.45) is 0 Å². The summed E-state index contributed by atoms with van der Waals surface area (Å²) in [5.74, 6) is 0.384. The molecule has 0 aromatic carbocycles. The first-order valence-corrected chi connectivity index (χ1v) is 7.94. The Kier molecular flexibility index (Phi) is 7.22. The average Bonchev–Trinajstić information content (AvgIpc) is 2.85. The highest BCUT2D eigenvalue weighted by Crippen LogP contribution is 2.29. The highest BCUT2D eigenvalue weighted by Gasteiger charge is 2.28. The van der Waals surface area contributed by atoms with Gasteiger partial charge in [-0.15, -0.1) is 11.8 Å². The van der Waals surface area contributed by atoms with Crippen LogP contribution in [0.3, 0.4) is 0 Å². The Bertz CT molecular complexity index is 414. The molecule has 1 rings (SSSR count). The quantitative estimate of drug-likeness (QED) is 0.643. The Labute approximate surface area is 128 Å². The van der Waals surface area contributed by atoms with Crippen LogP contribution in [0.25, 0.3) is 0 Å². The number of rotatable bonds is 7. The molecule has 0 bridgehead atoms. The summed E-state index contributed by atoms with van der Waals surface area (Å²) in [7, 11) is 0. The van der Waals surface area contributed by atoms with Gasteiger partial charge in [0.1, 0.15) is 0 Å². The van der Waals surface area contributed by atoms with Gasteiger partial charge >= 0.3 is 6.18 Å². The zero-order chi connectivity index (χ0) is 15.9. The number of ether oxygens (including phenoxy) is 2. The van der Waals surface area contributed by atoms with Gasteiger partial charge in [0.2, 0.25) is 6.79 Å². The number of hydrogen-bond acceptors (Lipinski definition) is 3. The van der Waals surface area contributed by atoms with Gasteiger partial charge in [-0.1, -0.05) is 26.0 Å². The predicted molar refractivity (Wildman–Crippen MR) is 79.8 cm³/mol. The molecule has 1 atom stereocenters. The van der Waals surface area contributed by atoms with Crippen LogP contribution in [0.1, 0.15) is 33.1 Å². The fourth-order valence-corrected chi connectivity index (χ4v) is 2.55. The number of thioether (sulfide) groups is 1. The third-order valence-corrected chi connectivity index (χ3v) is 4.46. The Morgan fingerprint density at radius 2 is 2.00 bits per heavy atom. The van der Waals surface area contributed by atoms with Gasteiger partial charge in [0.05, 0.1) is 5.75 Å². The summed E-state index contributed by atoms with van der Waals surface area (Å²) in [5.41, 5.74) is 0.917. The molecule has 0 aromatic rings. The van der Waals surface area contributed by atoms with Crippen molar-refractivity contribution in [1.29, 1.82) is 0 Å². The minimum absolute atomic E-state index is 0.0843. The normalized spacial score (nSPS) is 20.4. The Morgan fingerprint density at radius 3 is 2.57 bits per heavy atom. The Morgan fingerprint density at radius 1 is 1.33 bits per heavy atom. The molecule has 0 aliphatic carbocycles. The highest BCUT2D eigenvalue weighted by molar-refractivity contribution is 7.99. The van der Waals surface area contributed by atoms with E-state index in [0.29, 0.717) is 24.4 Å². The van der Waals surface area contributed by atoms with E-state index < -0.39 is 11.9 Å². The van der Waals surface area contributed by atoms with E-state index in [1.165, 1.54) is 0 Å². The number of allylic oxidation sites excluding steroid dienone is 3. The van der Waals surface area contributed by atoms with Crippen LogP contribution in [0.2, 0.25) is 0 Å². The van der Waals surface area contributed by atoms with E-state index in [1.54, 1.807) is 6.08 Å². The van der Waals surface area contributed by atoms with E-state index in [4.69, 9.17) is 9.47 Å². The second kappa shape index (κ2) is 8.41. The summed E-state index contributed by atoms with van der Waals surface area (Å²) in [4.78, 5) is 0. The zero-order valence-electron chi connectivity index (χ0n) is 12.3. The molecule has 6 heteroatoms. The van der Waals surface area contributed by atoms with E-state index in [1.807, 2.05) is 19.9 Å². The minimum atomic E-state index is -4.12. The molecule has 1 saturated heterocycles. The zero-order valence-corrected chi connectivity index (χ0v) is 13.1. The molecule has 1 unspecified atom stereocenters. The first kappa shape index (κ1) is 18.0. The predicted octanol–water partition coefficient (Wildman–Crippen LogP) is 5.19. The lowest BCUT2D eigenvalue weighted by Crippen LogP contribution is -2.14. The van der Waals surface area contributed by atoms with Gasteiger partial charge < -0.3 is 9.47 Å². The SMILES string of the molecule is C=C(/C=C1/OCO/C1=C/CC(CC)SCC(F)(F)F)CC. The van der Waals surface area contributed by atoms with Crippen LogP contribution in [-0.4, -0.2) is 24.0 Å². The summed E-state index contributed by atoms with van der Waals surface area (Å²) in [6, 6.07) is 0. The lowest BCUT2D eigenvalue weighted by molar-refractivity contribution is -0.105. The lowest BCUT2D eigenvalue weighted by atomic mass is 10.1. The van der Waals surface area contributed by atoms with Crippen LogP contribution in [0.15, 0.2) is 35.8 Å². The van der Waals surface area contributed by atoms with Gasteiger partial charge in [-0.3, -0.25) is 0 Å². The smallest absolute Gasteiger partial charge is 0.397 e. The van der Waals surface area contributed by atoms with Crippen LogP contribution < -0.4 is 0 Å². The van der Waals surface area contributed by atoms with Crippen molar-refractivity contribution < 1.29 is 22.6 Å². The van der Waals surface area contributed by atoms with E-state index >= 15 is 0 Å². The third-order valence-electron chi connectivity index (χ3n) is 2.97. The molecular weight excluding hydrogens is 301 g/mol. The second-order valence-electron chi connectivity index (χ2n) is 4.69. The number of alkyl halides is 3. The van der Waals surface area contributed by atoms with E-state index in [0.717, 1.165) is 23.8 Å². The fraction of sp³-hybridized carbons (Fsp3) is 0.600. The van der Waals surface area contributed by atoms with Crippen molar-refractivity contribution in [3.05, 3.63) is 35.8 Å². The first-order valence-electron chi connectivity index (χ1n) is 6.89. The molecule has 120 valence electrons. The van der Waals surface area contributed by atoms with Gasteiger partial charge in [0, 0.05) is 5.25 Å². The van der Waals surface area contributed by atoms with Crippen LogP contribution in [-0.2, 0) is 9.47 Å². The van der Waals surface area contributed by atoms with Crippen LogP contribution in [0, 0.1) is 0 Å². The van der Waals surface area contributed by atoms with Crippen molar-refractivity contribution in [3.8, 4) is 0 Å². The van der Waals surface area contributed by atoms with Crippen molar-refractivity contribution in [2.75, 3.05) is 12.5 Å². The average molecular weight is 322 g/mol. The first-order chi connectivity index (χ1) is 9.85. The summed E-state index contributed by atoms with van der Waals surface area (Å²) < 4.78 is 47.4. The molecule has 0 N–H and O–H groups in total. The molecule has 1 aliphatic rings. The molecule has 1 aliphatic heterocycles. The number of hydrogen-bond donors (Lipinski definition) is 0. The van der Waals surface area contributed by atoms with Crippen molar-refractivity contribution >= 4 is 11.8 Å². The molecule has 1 fully saturated rings. The van der Waals surface area contributed by atoms with E-state index in [9.17, 15) is 13.2 Å². The maximum Gasteiger partial charge on any atom is 0.397 e. The van der Waals surface area contributed by atoms with Gasteiger partial charge in [0.25, 0.3) is 0 Å². The summed E-state index contributed by atoms with van der Waals surface area (Å²) >= 11 is 0.929. The van der Waals surface area contributed by atoms with Crippen molar-refractivity contribution in [1.82, 2.24) is 0 Å². The largest absolute Gasteiger partial charge is 0.454 e. The molecule has 0 radical (unpaired) electrons. The standard InChI is InChI=1S/C15H21F3O2S/c1-4-11(3)8-14-13(19-10-20-14)7-6-12(5-2)21-9-15(16,17)18/h7-8,12H,3-6,9-10H2,1-2H3/b13-7+,14-8+. The molecule has 0 spiro atoms. The second-order valence-corrected chi connectivity index (χ2v) is 5.98. The summed E-state index contributed by atoms with van der Waals surface area (Å²) in [6.07, 6.45) is 1.49. The van der Waals surface area contributed by atoms with Gasteiger partial charge in [0.15, 0.2) is 11.5 Å². The summed E-state index contributed by atoms with van der Waals surface area (Å²) in [6.45, 7) is 7.88. The molecule has 0 amide bonds. The minimum Gasteiger partial charge on any atom is -0.454 e. The summed E-state index contributed by atoms with van der Waals surface area (Å²) in [5, 5.41) is -0.0843. The molecule has 21 heavy (non-hydrogen) atoms. The molecule has 2 nitrogen and oxygen atoms in total. The van der Waals surface area contributed by atoms with E-state index in [-0.39, 0.29) is 12.0 Å². The fourth-order valence-electron chi connectivity index (χ4n) is 1.66. The Balaban J connectivity index is 2.60. The van der Waals surface area contributed by atoms with Gasteiger partial charge in [-0.25, -0.2) is 0 Å². The molecule has 0 aromatic heterocycles. The van der Waals surface area contributed by atoms with Gasteiger partial charge in [-0.2, -0.15) is 13.2 Å². The van der Waals surface area contributed by atoms with Gasteiger partial charge in [-0.05, 0) is 31.4 Å². The maximum absolute atomic E-state index is 12.2. The monoisotopic (exact) mass is 322 g/mol. The Hall–Kier alpha value is -1.04. The molecule has 1 heterocycles. The lowest BCUT2D eigenvalue weighted by Gasteiger charge is -2.14. The van der Waals surface area contributed by atoms with Crippen molar-refractivity contribution in [3.63, 3.8) is 0 Å². The van der Waals surface area contributed by atoms with Crippen LogP contribution in [0.5, 0.6) is 0 Å². The number of halogens is 3. The highest BCUT2D eigenvalue weighted by atomic mass is 32.2.